The third-order valence-electron chi connectivity index (χ3n) is 3.31. The number of nitrogen functional groups attached to an aromatic ring is 1. The number of hydrogen-bond donors (Lipinski definition) is 2. The number of carbonyl (C=O) groups is 1. The Morgan fingerprint density at radius 1 is 1.40 bits per heavy atom. The number of nitrogens with two attached hydrogens (primary N) is 1. The lowest BCUT2D eigenvalue weighted by Crippen LogP contribution is -2.27. The van der Waals surface area contributed by atoms with Gasteiger partial charge in [0.05, 0.1) is 10.6 Å². The quantitative estimate of drug-likeness (QED) is 0.829. The maximum absolute atomic E-state index is 12.2. The fourth-order valence-electron chi connectivity index (χ4n) is 2.23. The molecule has 1 saturated heterocycles. The van der Waals surface area contributed by atoms with Crippen LogP contribution >= 0.6 is 23.1 Å². The summed E-state index contributed by atoms with van der Waals surface area (Å²) in [4.78, 5) is 17.8. The van der Waals surface area contributed by atoms with Crippen molar-refractivity contribution in [1.29, 1.82) is 0 Å². The second-order valence-corrected chi connectivity index (χ2v) is 6.79. The molecule has 5 nitrogen and oxygen atoms in total. The van der Waals surface area contributed by atoms with Crippen LogP contribution in [0, 0.1) is 0 Å². The predicted molar refractivity (Wildman–Crippen MR) is 88.2 cm³/mol. The number of rotatable bonds is 3. The van der Waals surface area contributed by atoms with Crippen molar-refractivity contribution in [2.24, 2.45) is 0 Å². The number of thioether (sulfide) groups is 1. The van der Waals surface area contributed by atoms with Gasteiger partial charge in [-0.1, -0.05) is 0 Å². The van der Waals surface area contributed by atoms with Crippen LogP contribution in [0.15, 0.2) is 4.90 Å². The van der Waals surface area contributed by atoms with Crippen molar-refractivity contribution in [2.45, 2.75) is 11.3 Å². The van der Waals surface area contributed by atoms with E-state index in [-0.39, 0.29) is 5.91 Å². The first-order chi connectivity index (χ1) is 9.56. The molecule has 0 aromatic carbocycles. The van der Waals surface area contributed by atoms with E-state index in [0.29, 0.717) is 10.6 Å². The average Bonchev–Trinajstić information content (AvgIpc) is 2.62. The Hall–Kier alpha value is -0.920. The zero-order valence-corrected chi connectivity index (χ0v) is 13.9. The molecule has 0 unspecified atom stereocenters. The Balaban J connectivity index is 2.37. The van der Waals surface area contributed by atoms with Crippen molar-refractivity contribution in [3.05, 3.63) is 4.88 Å². The van der Waals surface area contributed by atoms with E-state index in [1.54, 1.807) is 30.8 Å². The molecule has 0 atom stereocenters. The largest absolute Gasteiger partial charge is 0.396 e. The van der Waals surface area contributed by atoms with E-state index in [1.165, 1.54) is 11.3 Å². The van der Waals surface area contributed by atoms with Crippen LogP contribution < -0.4 is 16.0 Å². The molecule has 7 heteroatoms. The minimum absolute atomic E-state index is 0.0120. The molecule has 1 aromatic heterocycles. The SMILES string of the molecule is CSc1c(N2CCCNCC2)sc(C(=O)N(C)C)c1N. The summed E-state index contributed by atoms with van der Waals surface area (Å²) in [6, 6.07) is 0. The smallest absolute Gasteiger partial charge is 0.265 e. The topological polar surface area (TPSA) is 61.6 Å². The van der Waals surface area contributed by atoms with Crippen molar-refractivity contribution in [1.82, 2.24) is 10.2 Å². The molecule has 0 bridgehead atoms. The lowest BCUT2D eigenvalue weighted by Gasteiger charge is -2.21. The fraction of sp³-hybridized carbons (Fsp3) is 0.615. The maximum atomic E-state index is 12.2. The van der Waals surface area contributed by atoms with Gasteiger partial charge in [0.15, 0.2) is 0 Å². The number of hydrogen-bond acceptors (Lipinski definition) is 6. The van der Waals surface area contributed by atoms with E-state index in [0.717, 1.165) is 42.5 Å². The predicted octanol–water partition coefficient (Wildman–Crippen LogP) is 1.55. The lowest BCUT2D eigenvalue weighted by molar-refractivity contribution is 0.0833. The highest BCUT2D eigenvalue weighted by Crippen LogP contribution is 2.44. The molecule has 0 radical (unpaired) electrons. The first-order valence-electron chi connectivity index (χ1n) is 6.69. The Labute approximate surface area is 128 Å². The molecule has 1 aliphatic rings. The monoisotopic (exact) mass is 314 g/mol. The summed E-state index contributed by atoms with van der Waals surface area (Å²) in [5.74, 6) is -0.0120. The molecule has 112 valence electrons. The van der Waals surface area contributed by atoms with Gasteiger partial charge >= 0.3 is 0 Å². The van der Waals surface area contributed by atoms with Gasteiger partial charge in [0.25, 0.3) is 5.91 Å². The molecule has 1 fully saturated rings. The second-order valence-electron chi connectivity index (χ2n) is 4.97. The van der Waals surface area contributed by atoms with Crippen molar-refractivity contribution >= 4 is 39.7 Å². The highest BCUT2D eigenvalue weighted by Gasteiger charge is 2.25. The van der Waals surface area contributed by atoms with E-state index in [2.05, 4.69) is 10.2 Å². The zero-order chi connectivity index (χ0) is 14.7. The van der Waals surface area contributed by atoms with E-state index < -0.39 is 0 Å². The van der Waals surface area contributed by atoms with Crippen molar-refractivity contribution in [3.8, 4) is 0 Å². The van der Waals surface area contributed by atoms with Gasteiger partial charge in [0, 0.05) is 33.7 Å². The summed E-state index contributed by atoms with van der Waals surface area (Å²) < 4.78 is 0. The number of amides is 1. The van der Waals surface area contributed by atoms with E-state index in [9.17, 15) is 4.79 Å². The number of carbonyl (C=O) groups excluding carboxylic acids is 1. The summed E-state index contributed by atoms with van der Waals surface area (Å²) in [6.45, 7) is 4.00. The Kier molecular flexibility index (Phi) is 5.17. The van der Waals surface area contributed by atoms with E-state index in [1.807, 2.05) is 6.26 Å². The molecule has 0 aliphatic carbocycles. The fourth-order valence-corrected chi connectivity index (χ4v) is 4.49. The van der Waals surface area contributed by atoms with Crippen LogP contribution in [0.25, 0.3) is 0 Å². The van der Waals surface area contributed by atoms with Crippen LogP contribution in [0.5, 0.6) is 0 Å². The van der Waals surface area contributed by atoms with Crippen molar-refractivity contribution in [3.63, 3.8) is 0 Å². The van der Waals surface area contributed by atoms with Crippen LogP contribution in [-0.2, 0) is 0 Å². The maximum Gasteiger partial charge on any atom is 0.265 e. The Morgan fingerprint density at radius 3 is 2.80 bits per heavy atom. The van der Waals surface area contributed by atoms with Crippen LogP contribution in [-0.4, -0.2) is 57.3 Å². The van der Waals surface area contributed by atoms with Crippen molar-refractivity contribution in [2.75, 3.05) is 57.2 Å². The molecule has 1 amide bonds. The van der Waals surface area contributed by atoms with Gasteiger partial charge < -0.3 is 20.9 Å². The number of nitrogens with zero attached hydrogens (tertiary/aromatic N) is 2. The van der Waals surface area contributed by atoms with Crippen LogP contribution in [0.1, 0.15) is 16.1 Å². The summed E-state index contributed by atoms with van der Waals surface area (Å²) in [5.41, 5.74) is 6.83. The van der Waals surface area contributed by atoms with Gasteiger partial charge in [-0.05, 0) is 19.2 Å². The third-order valence-corrected chi connectivity index (χ3v) is 5.52. The van der Waals surface area contributed by atoms with Gasteiger partial charge in [-0.25, -0.2) is 0 Å². The summed E-state index contributed by atoms with van der Waals surface area (Å²) in [6.07, 6.45) is 3.13. The molecule has 2 rings (SSSR count). The molecule has 20 heavy (non-hydrogen) atoms. The molecule has 2 heterocycles. The Bertz CT molecular complexity index is 479. The summed E-state index contributed by atoms with van der Waals surface area (Å²) >= 11 is 3.15. The second kappa shape index (κ2) is 6.69. The van der Waals surface area contributed by atoms with E-state index in [4.69, 9.17) is 5.73 Å². The van der Waals surface area contributed by atoms with Gasteiger partial charge in [0.1, 0.15) is 9.88 Å². The molecular weight excluding hydrogens is 292 g/mol. The average molecular weight is 314 g/mol. The zero-order valence-electron chi connectivity index (χ0n) is 12.2. The molecule has 1 aliphatic heterocycles. The minimum Gasteiger partial charge on any atom is -0.396 e. The highest BCUT2D eigenvalue weighted by molar-refractivity contribution is 7.99. The van der Waals surface area contributed by atoms with Gasteiger partial charge in [0.2, 0.25) is 0 Å². The first-order valence-corrected chi connectivity index (χ1v) is 8.74. The number of thiophene rings is 1. The molecule has 3 N–H and O–H groups in total. The minimum atomic E-state index is -0.0120. The summed E-state index contributed by atoms with van der Waals surface area (Å²) in [5, 5.41) is 4.54. The van der Waals surface area contributed by atoms with E-state index >= 15 is 0 Å². The number of anilines is 2. The number of nitrogens with one attached hydrogen (secondary N) is 1. The normalized spacial score (nSPS) is 16.1. The van der Waals surface area contributed by atoms with Crippen molar-refractivity contribution < 1.29 is 4.79 Å². The molecule has 1 aromatic rings. The van der Waals surface area contributed by atoms with Crippen LogP contribution in [0.2, 0.25) is 0 Å². The van der Waals surface area contributed by atoms with Gasteiger partial charge in [-0.3, -0.25) is 4.79 Å². The van der Waals surface area contributed by atoms with Crippen LogP contribution in [0.3, 0.4) is 0 Å². The highest BCUT2D eigenvalue weighted by atomic mass is 32.2. The summed E-state index contributed by atoms with van der Waals surface area (Å²) in [7, 11) is 3.52. The third kappa shape index (κ3) is 3.05. The first kappa shape index (κ1) is 15.5. The van der Waals surface area contributed by atoms with Crippen LogP contribution in [0.4, 0.5) is 10.7 Å². The Morgan fingerprint density at radius 2 is 2.15 bits per heavy atom. The van der Waals surface area contributed by atoms with Gasteiger partial charge in [-0.2, -0.15) is 0 Å². The molecular formula is C13H22N4OS2. The van der Waals surface area contributed by atoms with Gasteiger partial charge in [-0.15, -0.1) is 23.1 Å². The molecule has 0 spiro atoms. The standard InChI is InChI=1S/C13H22N4OS2/c1-16(2)12(18)10-9(14)11(19-3)13(20-10)17-7-4-5-15-6-8-17/h15H,4-8,14H2,1-3H3. The lowest BCUT2D eigenvalue weighted by atomic mass is 10.3. The molecule has 0 saturated carbocycles.